The van der Waals surface area contributed by atoms with Crippen molar-refractivity contribution in [3.05, 3.63) is 0 Å². The highest BCUT2D eigenvalue weighted by Crippen LogP contribution is 2.29. The van der Waals surface area contributed by atoms with Crippen molar-refractivity contribution >= 4 is 12.0 Å². The summed E-state index contributed by atoms with van der Waals surface area (Å²) in [4.78, 5) is 23.2. The average Bonchev–Trinajstić information content (AvgIpc) is 2.30. The maximum Gasteiger partial charge on any atom is 0.323 e. The fourth-order valence-corrected chi connectivity index (χ4v) is 2.41. The van der Waals surface area contributed by atoms with Gasteiger partial charge in [0, 0.05) is 13.6 Å². The number of carbonyl (C=O) groups is 2. The van der Waals surface area contributed by atoms with Crippen molar-refractivity contribution in [1.29, 1.82) is 0 Å². The van der Waals surface area contributed by atoms with Crippen LogP contribution >= 0.6 is 0 Å². The number of rotatable bonds is 5. The lowest BCUT2D eigenvalue weighted by molar-refractivity contribution is -0.137. The summed E-state index contributed by atoms with van der Waals surface area (Å²) in [5.41, 5.74) is 0. The molecule has 0 saturated heterocycles. The van der Waals surface area contributed by atoms with Crippen LogP contribution in [0.3, 0.4) is 0 Å². The number of urea groups is 1. The molecular weight excluding hydrogens is 232 g/mol. The molecule has 1 fully saturated rings. The van der Waals surface area contributed by atoms with Crippen LogP contribution in [0, 0.1) is 11.8 Å². The zero-order chi connectivity index (χ0) is 13.5. The standard InChI is InChI=1S/C13H24N2O3/c1-10-3-5-11(6-4-10)7-8-14-13(18)15(2)9-12(16)17/h10-11H,3-9H2,1-2H3,(H,14,18)(H,16,17). The molecule has 0 radical (unpaired) electrons. The second-order valence-electron chi connectivity index (χ2n) is 5.40. The van der Waals surface area contributed by atoms with Crippen molar-refractivity contribution in [2.75, 3.05) is 20.1 Å². The molecule has 1 aliphatic rings. The van der Waals surface area contributed by atoms with Gasteiger partial charge in [0.05, 0.1) is 0 Å². The highest BCUT2D eigenvalue weighted by atomic mass is 16.4. The van der Waals surface area contributed by atoms with Gasteiger partial charge in [-0.3, -0.25) is 4.79 Å². The van der Waals surface area contributed by atoms with Crippen molar-refractivity contribution in [1.82, 2.24) is 10.2 Å². The van der Waals surface area contributed by atoms with E-state index in [0.717, 1.165) is 12.3 Å². The summed E-state index contributed by atoms with van der Waals surface area (Å²) in [6.45, 7) is 2.67. The minimum atomic E-state index is -0.992. The van der Waals surface area contributed by atoms with Gasteiger partial charge in [0.2, 0.25) is 0 Å². The Balaban J connectivity index is 2.13. The number of carboxylic acid groups (broad SMARTS) is 1. The fourth-order valence-electron chi connectivity index (χ4n) is 2.41. The largest absolute Gasteiger partial charge is 0.480 e. The van der Waals surface area contributed by atoms with E-state index in [9.17, 15) is 9.59 Å². The molecule has 0 unspecified atom stereocenters. The van der Waals surface area contributed by atoms with E-state index in [1.165, 1.54) is 37.6 Å². The molecule has 0 aromatic rings. The topological polar surface area (TPSA) is 69.6 Å². The molecule has 5 heteroatoms. The molecule has 0 spiro atoms. The lowest BCUT2D eigenvalue weighted by Crippen LogP contribution is -2.40. The molecule has 0 aromatic carbocycles. The average molecular weight is 256 g/mol. The molecule has 104 valence electrons. The number of nitrogens with one attached hydrogen (secondary N) is 1. The number of hydrogen-bond donors (Lipinski definition) is 2. The number of carbonyl (C=O) groups excluding carboxylic acids is 1. The predicted octanol–water partition coefficient (Wildman–Crippen LogP) is 1.93. The Morgan fingerprint density at radius 2 is 1.89 bits per heavy atom. The number of amides is 2. The molecule has 2 N–H and O–H groups in total. The van der Waals surface area contributed by atoms with E-state index in [4.69, 9.17) is 5.11 Å². The Hall–Kier alpha value is -1.26. The van der Waals surface area contributed by atoms with Crippen molar-refractivity contribution in [3.8, 4) is 0 Å². The SMILES string of the molecule is CC1CCC(CCNC(=O)N(C)CC(=O)O)CC1. The molecule has 0 aliphatic heterocycles. The molecule has 0 bridgehead atoms. The van der Waals surface area contributed by atoms with Crippen LogP contribution in [0.4, 0.5) is 4.79 Å². The minimum Gasteiger partial charge on any atom is -0.480 e. The molecule has 5 nitrogen and oxygen atoms in total. The first kappa shape index (κ1) is 14.8. The van der Waals surface area contributed by atoms with Crippen LogP contribution in [-0.4, -0.2) is 42.1 Å². The zero-order valence-electron chi connectivity index (χ0n) is 11.3. The van der Waals surface area contributed by atoms with Gasteiger partial charge in [0.15, 0.2) is 0 Å². The lowest BCUT2D eigenvalue weighted by Gasteiger charge is -2.26. The second kappa shape index (κ2) is 7.24. The van der Waals surface area contributed by atoms with E-state index in [1.54, 1.807) is 0 Å². The number of aliphatic carboxylic acids is 1. The molecule has 1 rings (SSSR count). The van der Waals surface area contributed by atoms with Gasteiger partial charge < -0.3 is 15.3 Å². The molecule has 18 heavy (non-hydrogen) atoms. The third-order valence-corrected chi connectivity index (χ3v) is 3.68. The van der Waals surface area contributed by atoms with Crippen molar-refractivity contribution in [3.63, 3.8) is 0 Å². The third kappa shape index (κ3) is 5.38. The van der Waals surface area contributed by atoms with Crippen LogP contribution in [0.2, 0.25) is 0 Å². The van der Waals surface area contributed by atoms with E-state index in [-0.39, 0.29) is 12.6 Å². The molecule has 0 atom stereocenters. The maximum atomic E-state index is 11.5. The quantitative estimate of drug-likeness (QED) is 0.789. The molecule has 1 aliphatic carbocycles. The first-order chi connectivity index (χ1) is 8.49. The van der Waals surface area contributed by atoms with E-state index in [0.29, 0.717) is 12.5 Å². The molecular formula is C13H24N2O3. The van der Waals surface area contributed by atoms with Crippen molar-refractivity contribution in [2.24, 2.45) is 11.8 Å². The smallest absolute Gasteiger partial charge is 0.323 e. The van der Waals surface area contributed by atoms with Gasteiger partial charge >= 0.3 is 12.0 Å². The van der Waals surface area contributed by atoms with Crippen molar-refractivity contribution in [2.45, 2.75) is 39.0 Å². The number of nitrogens with zero attached hydrogens (tertiary/aromatic N) is 1. The first-order valence-electron chi connectivity index (χ1n) is 6.69. The third-order valence-electron chi connectivity index (χ3n) is 3.68. The number of carboxylic acids is 1. The fraction of sp³-hybridized carbons (Fsp3) is 0.846. The Kier molecular flexibility index (Phi) is 5.95. The van der Waals surface area contributed by atoms with Crippen LogP contribution < -0.4 is 5.32 Å². The van der Waals surface area contributed by atoms with Crippen LogP contribution in [0.1, 0.15) is 39.0 Å². The highest BCUT2D eigenvalue weighted by Gasteiger charge is 2.18. The summed E-state index contributed by atoms with van der Waals surface area (Å²) in [6.07, 6.45) is 6.08. The number of hydrogen-bond acceptors (Lipinski definition) is 2. The maximum absolute atomic E-state index is 11.5. The van der Waals surface area contributed by atoms with E-state index < -0.39 is 5.97 Å². The Morgan fingerprint density at radius 1 is 1.28 bits per heavy atom. The van der Waals surface area contributed by atoms with Gasteiger partial charge in [-0.2, -0.15) is 0 Å². The summed E-state index contributed by atoms with van der Waals surface area (Å²) in [5.74, 6) is 0.567. The predicted molar refractivity (Wildman–Crippen MR) is 69.4 cm³/mol. The first-order valence-corrected chi connectivity index (χ1v) is 6.69. The van der Waals surface area contributed by atoms with Gasteiger partial charge in [-0.1, -0.05) is 32.6 Å². The van der Waals surface area contributed by atoms with E-state index in [2.05, 4.69) is 12.2 Å². The molecule has 2 amide bonds. The Morgan fingerprint density at radius 3 is 2.44 bits per heavy atom. The normalized spacial score (nSPS) is 23.4. The summed E-state index contributed by atoms with van der Waals surface area (Å²) in [6, 6.07) is -0.304. The lowest BCUT2D eigenvalue weighted by atomic mass is 9.81. The van der Waals surface area contributed by atoms with E-state index >= 15 is 0 Å². The van der Waals surface area contributed by atoms with E-state index in [1.807, 2.05) is 0 Å². The second-order valence-corrected chi connectivity index (χ2v) is 5.40. The van der Waals surface area contributed by atoms with Crippen molar-refractivity contribution < 1.29 is 14.7 Å². The zero-order valence-corrected chi connectivity index (χ0v) is 11.3. The van der Waals surface area contributed by atoms with Crippen LogP contribution in [0.25, 0.3) is 0 Å². The van der Waals surface area contributed by atoms with Gasteiger partial charge in [0.25, 0.3) is 0 Å². The summed E-state index contributed by atoms with van der Waals surface area (Å²) in [7, 11) is 1.49. The van der Waals surface area contributed by atoms with Crippen LogP contribution in [0.15, 0.2) is 0 Å². The van der Waals surface area contributed by atoms with Gasteiger partial charge in [-0.25, -0.2) is 4.79 Å². The monoisotopic (exact) mass is 256 g/mol. The molecule has 0 aromatic heterocycles. The highest BCUT2D eigenvalue weighted by molar-refractivity contribution is 5.79. The molecule has 1 saturated carbocycles. The van der Waals surface area contributed by atoms with Gasteiger partial charge in [0.1, 0.15) is 6.54 Å². The summed E-state index contributed by atoms with van der Waals surface area (Å²) in [5, 5.41) is 11.3. The van der Waals surface area contributed by atoms with Gasteiger partial charge in [-0.05, 0) is 18.3 Å². The summed E-state index contributed by atoms with van der Waals surface area (Å²) < 4.78 is 0. The van der Waals surface area contributed by atoms with Gasteiger partial charge in [-0.15, -0.1) is 0 Å². The Labute approximate surface area is 109 Å². The molecule has 0 heterocycles. The Bertz CT molecular complexity index is 286. The minimum absolute atomic E-state index is 0.257. The number of likely N-dealkylation sites (N-methyl/N-ethyl adjacent to an activating group) is 1. The summed E-state index contributed by atoms with van der Waals surface area (Å²) >= 11 is 0. The van der Waals surface area contributed by atoms with Crippen LogP contribution in [0.5, 0.6) is 0 Å². The van der Waals surface area contributed by atoms with Crippen LogP contribution in [-0.2, 0) is 4.79 Å².